The van der Waals surface area contributed by atoms with Crippen LogP contribution in [0, 0.1) is 6.92 Å². The smallest absolute Gasteiger partial charge is 0.338 e. The van der Waals surface area contributed by atoms with E-state index in [4.69, 9.17) is 4.74 Å². The highest BCUT2D eigenvalue weighted by Crippen LogP contribution is 2.05. The van der Waals surface area contributed by atoms with E-state index in [9.17, 15) is 9.90 Å². The molecule has 0 fully saturated rings. The third-order valence-electron chi connectivity index (χ3n) is 2.46. The average molecular weight is 251 g/mol. The predicted octanol–water partition coefficient (Wildman–Crippen LogP) is 1.51. The van der Waals surface area contributed by atoms with Crippen LogP contribution in [-0.2, 0) is 4.74 Å². The zero-order valence-electron chi connectivity index (χ0n) is 11.1. The number of benzene rings is 1. The molecule has 1 aromatic carbocycles. The molecular formula is C14H21NO3. The zero-order chi connectivity index (χ0) is 13.5. The molecule has 0 heterocycles. The standard InChI is InChI=1S/C14H21NO3/c1-10(2)15-8-13(16)9-18-14(17)12-6-4-11(3)5-7-12/h4-7,10,13,15-16H,8-9H2,1-3H3/t13-/m1/s1. The molecule has 4 nitrogen and oxygen atoms in total. The molecule has 0 aliphatic heterocycles. The Morgan fingerprint density at radius 1 is 1.33 bits per heavy atom. The summed E-state index contributed by atoms with van der Waals surface area (Å²) >= 11 is 0. The Bertz CT molecular complexity index is 373. The van der Waals surface area contributed by atoms with Crippen molar-refractivity contribution in [1.29, 1.82) is 0 Å². The van der Waals surface area contributed by atoms with E-state index < -0.39 is 12.1 Å². The third kappa shape index (κ3) is 5.29. The summed E-state index contributed by atoms with van der Waals surface area (Å²) in [7, 11) is 0. The molecule has 1 atom stereocenters. The summed E-state index contributed by atoms with van der Waals surface area (Å²) in [4.78, 5) is 11.6. The highest BCUT2D eigenvalue weighted by atomic mass is 16.5. The number of hydrogen-bond acceptors (Lipinski definition) is 4. The van der Waals surface area contributed by atoms with Gasteiger partial charge in [-0.1, -0.05) is 31.5 Å². The quantitative estimate of drug-likeness (QED) is 0.752. The van der Waals surface area contributed by atoms with Gasteiger partial charge in [0.2, 0.25) is 0 Å². The maximum absolute atomic E-state index is 11.6. The van der Waals surface area contributed by atoms with E-state index in [2.05, 4.69) is 5.32 Å². The number of ether oxygens (including phenoxy) is 1. The van der Waals surface area contributed by atoms with E-state index in [0.29, 0.717) is 18.2 Å². The Morgan fingerprint density at radius 3 is 2.50 bits per heavy atom. The summed E-state index contributed by atoms with van der Waals surface area (Å²) < 4.78 is 5.03. The fourth-order valence-corrected chi connectivity index (χ4v) is 1.38. The molecule has 4 heteroatoms. The SMILES string of the molecule is Cc1ccc(C(=O)OC[C@H](O)CNC(C)C)cc1. The van der Waals surface area contributed by atoms with Gasteiger partial charge in [0.1, 0.15) is 12.7 Å². The molecule has 0 aliphatic carbocycles. The van der Waals surface area contributed by atoms with E-state index in [-0.39, 0.29) is 6.61 Å². The van der Waals surface area contributed by atoms with Gasteiger partial charge in [0, 0.05) is 12.6 Å². The van der Waals surface area contributed by atoms with Gasteiger partial charge in [0.05, 0.1) is 5.56 Å². The van der Waals surface area contributed by atoms with E-state index in [1.54, 1.807) is 12.1 Å². The van der Waals surface area contributed by atoms with Crippen LogP contribution in [0.25, 0.3) is 0 Å². The first kappa shape index (κ1) is 14.7. The Labute approximate surface area is 108 Å². The molecular weight excluding hydrogens is 230 g/mol. The van der Waals surface area contributed by atoms with Crippen LogP contribution < -0.4 is 5.32 Å². The van der Waals surface area contributed by atoms with Crippen LogP contribution in [0.2, 0.25) is 0 Å². The van der Waals surface area contributed by atoms with Gasteiger partial charge < -0.3 is 15.2 Å². The zero-order valence-corrected chi connectivity index (χ0v) is 11.1. The molecule has 0 aromatic heterocycles. The first-order chi connectivity index (χ1) is 8.49. The summed E-state index contributed by atoms with van der Waals surface area (Å²) in [5.41, 5.74) is 1.59. The molecule has 0 amide bonds. The first-order valence-corrected chi connectivity index (χ1v) is 6.14. The predicted molar refractivity (Wildman–Crippen MR) is 70.6 cm³/mol. The summed E-state index contributed by atoms with van der Waals surface area (Å²) in [6.45, 7) is 6.36. The first-order valence-electron chi connectivity index (χ1n) is 6.14. The number of rotatable bonds is 6. The fraction of sp³-hybridized carbons (Fsp3) is 0.500. The topological polar surface area (TPSA) is 58.6 Å². The van der Waals surface area contributed by atoms with Gasteiger partial charge >= 0.3 is 5.97 Å². The maximum Gasteiger partial charge on any atom is 0.338 e. The molecule has 18 heavy (non-hydrogen) atoms. The minimum atomic E-state index is -0.679. The lowest BCUT2D eigenvalue weighted by molar-refractivity contribution is 0.0256. The monoisotopic (exact) mass is 251 g/mol. The van der Waals surface area contributed by atoms with Crippen molar-refractivity contribution in [2.24, 2.45) is 0 Å². The van der Waals surface area contributed by atoms with Crippen LogP contribution in [0.3, 0.4) is 0 Å². The van der Waals surface area contributed by atoms with Crippen molar-refractivity contribution < 1.29 is 14.6 Å². The van der Waals surface area contributed by atoms with Crippen molar-refractivity contribution in [2.75, 3.05) is 13.2 Å². The lowest BCUT2D eigenvalue weighted by atomic mass is 10.1. The second-order valence-electron chi connectivity index (χ2n) is 4.68. The molecule has 0 radical (unpaired) electrons. The number of carbonyl (C=O) groups excluding carboxylic acids is 1. The second-order valence-corrected chi connectivity index (χ2v) is 4.68. The van der Waals surface area contributed by atoms with Crippen molar-refractivity contribution in [2.45, 2.75) is 32.9 Å². The maximum atomic E-state index is 11.6. The van der Waals surface area contributed by atoms with Crippen molar-refractivity contribution in [3.8, 4) is 0 Å². The molecule has 0 bridgehead atoms. The summed E-state index contributed by atoms with van der Waals surface area (Å²) in [5, 5.41) is 12.7. The normalized spacial score (nSPS) is 12.5. The van der Waals surface area contributed by atoms with Gasteiger partial charge in [0.15, 0.2) is 0 Å². The fourth-order valence-electron chi connectivity index (χ4n) is 1.38. The number of hydrogen-bond donors (Lipinski definition) is 2. The largest absolute Gasteiger partial charge is 0.459 e. The molecule has 0 saturated carbocycles. The number of aliphatic hydroxyl groups excluding tert-OH is 1. The minimum Gasteiger partial charge on any atom is -0.459 e. The van der Waals surface area contributed by atoms with E-state index in [0.717, 1.165) is 5.56 Å². The van der Waals surface area contributed by atoms with E-state index in [1.807, 2.05) is 32.9 Å². The van der Waals surface area contributed by atoms with Gasteiger partial charge in [-0.15, -0.1) is 0 Å². The molecule has 0 aliphatic rings. The lowest BCUT2D eigenvalue weighted by Crippen LogP contribution is -2.35. The van der Waals surface area contributed by atoms with E-state index >= 15 is 0 Å². The molecule has 0 saturated heterocycles. The number of nitrogens with one attached hydrogen (secondary N) is 1. The number of aryl methyl sites for hydroxylation is 1. The van der Waals surface area contributed by atoms with Crippen LogP contribution in [0.4, 0.5) is 0 Å². The van der Waals surface area contributed by atoms with Gasteiger partial charge in [-0.2, -0.15) is 0 Å². The van der Waals surface area contributed by atoms with Crippen LogP contribution in [0.1, 0.15) is 29.8 Å². The Morgan fingerprint density at radius 2 is 1.94 bits per heavy atom. The van der Waals surface area contributed by atoms with Crippen LogP contribution in [-0.4, -0.2) is 36.4 Å². The Balaban J connectivity index is 2.34. The average Bonchev–Trinajstić information content (AvgIpc) is 2.34. The minimum absolute atomic E-state index is 0.00638. The van der Waals surface area contributed by atoms with Crippen molar-refractivity contribution in [1.82, 2.24) is 5.32 Å². The van der Waals surface area contributed by atoms with Gasteiger partial charge in [-0.05, 0) is 19.1 Å². The molecule has 100 valence electrons. The summed E-state index contributed by atoms with van der Waals surface area (Å²) in [6.07, 6.45) is -0.679. The molecule has 2 N–H and O–H groups in total. The lowest BCUT2D eigenvalue weighted by Gasteiger charge is -2.14. The number of aliphatic hydroxyl groups is 1. The van der Waals surface area contributed by atoms with Crippen molar-refractivity contribution in [3.63, 3.8) is 0 Å². The van der Waals surface area contributed by atoms with Crippen LogP contribution in [0.15, 0.2) is 24.3 Å². The number of carbonyl (C=O) groups is 1. The van der Waals surface area contributed by atoms with Gasteiger partial charge in [-0.25, -0.2) is 4.79 Å². The summed E-state index contributed by atoms with van der Waals surface area (Å²) in [6, 6.07) is 7.44. The highest BCUT2D eigenvalue weighted by Gasteiger charge is 2.10. The van der Waals surface area contributed by atoms with Gasteiger partial charge in [-0.3, -0.25) is 0 Å². The number of esters is 1. The van der Waals surface area contributed by atoms with Crippen molar-refractivity contribution in [3.05, 3.63) is 35.4 Å². The van der Waals surface area contributed by atoms with Crippen LogP contribution >= 0.6 is 0 Å². The third-order valence-corrected chi connectivity index (χ3v) is 2.46. The second kappa shape index (κ2) is 7.13. The highest BCUT2D eigenvalue weighted by molar-refractivity contribution is 5.89. The molecule has 0 unspecified atom stereocenters. The van der Waals surface area contributed by atoms with Gasteiger partial charge in [0.25, 0.3) is 0 Å². The summed E-state index contributed by atoms with van der Waals surface area (Å²) in [5.74, 6) is -0.404. The molecule has 1 rings (SSSR count). The Kier molecular flexibility index (Phi) is 5.82. The van der Waals surface area contributed by atoms with Crippen LogP contribution in [0.5, 0.6) is 0 Å². The molecule has 1 aromatic rings. The van der Waals surface area contributed by atoms with E-state index in [1.165, 1.54) is 0 Å². The Hall–Kier alpha value is -1.39. The molecule has 0 spiro atoms. The van der Waals surface area contributed by atoms with Crippen molar-refractivity contribution >= 4 is 5.97 Å².